The minimum Gasteiger partial charge on any atom is -0.379 e. The summed E-state index contributed by atoms with van der Waals surface area (Å²) in [6.07, 6.45) is -5.56. The normalized spacial score (nSPS) is 22.0. The Morgan fingerprint density at radius 1 is 1.45 bits per heavy atom. The van der Waals surface area contributed by atoms with Crippen LogP contribution in [0, 0.1) is 10.1 Å². The quantitative estimate of drug-likeness (QED) is 0.663. The number of hydrogen-bond donors (Lipinski definition) is 1. The summed E-state index contributed by atoms with van der Waals surface area (Å²) in [6.45, 7) is -1.32. The van der Waals surface area contributed by atoms with Crippen molar-refractivity contribution >= 4 is 23.2 Å². The number of nitrogens with zero attached hydrogens (tertiary/aromatic N) is 2. The summed E-state index contributed by atoms with van der Waals surface area (Å²) < 4.78 is 38.2. The molecule has 1 fully saturated rings. The minimum atomic E-state index is -4.88. The number of hydrogen-bond acceptors (Lipinski definition) is 4. The van der Waals surface area contributed by atoms with Crippen LogP contribution in [0.4, 0.5) is 18.9 Å². The summed E-state index contributed by atoms with van der Waals surface area (Å²) in [4.78, 5) is 23.0. The number of halogens is 4. The van der Waals surface area contributed by atoms with Gasteiger partial charge in [-0.2, -0.15) is 13.2 Å². The predicted molar refractivity (Wildman–Crippen MR) is 69.6 cm³/mol. The number of carbonyl (C=O) groups excluding carboxylic acids is 1. The number of alkyl halides is 3. The van der Waals surface area contributed by atoms with Gasteiger partial charge in [0.25, 0.3) is 11.6 Å². The van der Waals surface area contributed by atoms with Gasteiger partial charge in [0.05, 0.1) is 11.5 Å². The first-order chi connectivity index (χ1) is 10.0. The molecule has 0 spiro atoms. The summed E-state index contributed by atoms with van der Waals surface area (Å²) in [5.74, 6) is -0.955. The Morgan fingerprint density at radius 2 is 2.09 bits per heavy atom. The van der Waals surface area contributed by atoms with Gasteiger partial charge in [0.15, 0.2) is 5.60 Å². The molecule has 1 aromatic carbocycles. The Balaban J connectivity index is 2.30. The van der Waals surface area contributed by atoms with Crippen molar-refractivity contribution in [2.45, 2.75) is 18.2 Å². The van der Waals surface area contributed by atoms with E-state index in [1.807, 2.05) is 0 Å². The van der Waals surface area contributed by atoms with Crippen molar-refractivity contribution in [3.05, 3.63) is 38.9 Å². The average Bonchev–Trinajstić information content (AvgIpc) is 2.81. The number of rotatable bonds is 2. The smallest absolute Gasteiger partial charge is 0.379 e. The van der Waals surface area contributed by atoms with Crippen molar-refractivity contribution < 1.29 is 28.0 Å². The number of nitro groups is 1. The van der Waals surface area contributed by atoms with E-state index < -0.39 is 41.3 Å². The molecule has 0 bridgehead atoms. The number of β-amino-alcohol motifs (C(OH)–C–C–N with tert-alkyl or cyclic N) is 1. The summed E-state index contributed by atoms with van der Waals surface area (Å²) in [5.41, 5.74) is -3.97. The monoisotopic (exact) mass is 338 g/mol. The Hall–Kier alpha value is -1.87. The van der Waals surface area contributed by atoms with Crippen molar-refractivity contribution in [3.63, 3.8) is 0 Å². The van der Waals surface area contributed by atoms with Crippen LogP contribution in [0.5, 0.6) is 0 Å². The largest absolute Gasteiger partial charge is 0.419 e. The van der Waals surface area contributed by atoms with Gasteiger partial charge >= 0.3 is 6.18 Å². The maximum Gasteiger partial charge on any atom is 0.419 e. The number of benzene rings is 1. The first-order valence-corrected chi connectivity index (χ1v) is 6.45. The zero-order valence-electron chi connectivity index (χ0n) is 10.9. The molecule has 1 N–H and O–H groups in total. The summed E-state index contributed by atoms with van der Waals surface area (Å²) in [6, 6.07) is 3.25. The third kappa shape index (κ3) is 2.86. The molecule has 1 unspecified atom stereocenters. The Morgan fingerprint density at radius 3 is 2.59 bits per heavy atom. The highest BCUT2D eigenvalue weighted by molar-refractivity contribution is 6.31. The Kier molecular flexibility index (Phi) is 4.05. The molecule has 6 nitrogen and oxygen atoms in total. The van der Waals surface area contributed by atoms with E-state index in [4.69, 9.17) is 11.6 Å². The molecule has 120 valence electrons. The molecule has 1 atom stereocenters. The van der Waals surface area contributed by atoms with Gasteiger partial charge in [0, 0.05) is 24.1 Å². The highest BCUT2D eigenvalue weighted by Crippen LogP contribution is 2.38. The van der Waals surface area contributed by atoms with E-state index in [0.29, 0.717) is 0 Å². The van der Waals surface area contributed by atoms with E-state index in [0.717, 1.165) is 17.0 Å². The molecule has 0 aromatic heterocycles. The SMILES string of the molecule is O=C(c1ccc(Cl)cc1[N+](=O)[O-])N1CCC(O)(C(F)(F)F)C1. The lowest BCUT2D eigenvalue weighted by Gasteiger charge is -2.25. The van der Waals surface area contributed by atoms with Gasteiger partial charge < -0.3 is 10.0 Å². The molecule has 0 radical (unpaired) electrons. The van der Waals surface area contributed by atoms with Crippen LogP contribution in [-0.4, -0.2) is 45.7 Å². The van der Waals surface area contributed by atoms with E-state index in [9.17, 15) is 33.2 Å². The van der Waals surface area contributed by atoms with Gasteiger partial charge in [-0.25, -0.2) is 0 Å². The summed E-state index contributed by atoms with van der Waals surface area (Å²) in [5, 5.41) is 20.5. The van der Waals surface area contributed by atoms with Crippen LogP contribution in [0.15, 0.2) is 18.2 Å². The summed E-state index contributed by atoms with van der Waals surface area (Å²) in [7, 11) is 0. The zero-order chi connectivity index (χ0) is 16.7. The lowest BCUT2D eigenvalue weighted by molar-refractivity contribution is -0.385. The van der Waals surface area contributed by atoms with Crippen molar-refractivity contribution in [3.8, 4) is 0 Å². The first kappa shape index (κ1) is 16.5. The van der Waals surface area contributed by atoms with Gasteiger partial charge in [0.1, 0.15) is 5.56 Å². The van der Waals surface area contributed by atoms with Gasteiger partial charge in [-0.1, -0.05) is 11.6 Å². The lowest BCUT2D eigenvalue weighted by atomic mass is 10.0. The van der Waals surface area contributed by atoms with Crippen LogP contribution in [0.1, 0.15) is 16.8 Å². The summed E-state index contributed by atoms with van der Waals surface area (Å²) >= 11 is 5.61. The molecule has 2 rings (SSSR count). The molecule has 0 saturated carbocycles. The second-order valence-electron chi connectivity index (χ2n) is 4.92. The highest BCUT2D eigenvalue weighted by atomic mass is 35.5. The van der Waals surface area contributed by atoms with Crippen LogP contribution in [0.25, 0.3) is 0 Å². The molecule has 10 heteroatoms. The lowest BCUT2D eigenvalue weighted by Crippen LogP contribution is -2.48. The number of carbonyl (C=O) groups is 1. The second-order valence-corrected chi connectivity index (χ2v) is 5.36. The van der Waals surface area contributed by atoms with Gasteiger partial charge in [0.2, 0.25) is 0 Å². The van der Waals surface area contributed by atoms with Crippen LogP contribution < -0.4 is 0 Å². The topological polar surface area (TPSA) is 83.7 Å². The predicted octanol–water partition coefficient (Wildman–Crippen LogP) is 2.39. The molecule has 1 aliphatic rings. The molecule has 22 heavy (non-hydrogen) atoms. The molecule has 0 aliphatic carbocycles. The third-order valence-corrected chi connectivity index (χ3v) is 3.68. The Bertz CT molecular complexity index is 637. The van der Waals surface area contributed by atoms with Gasteiger partial charge in [-0.3, -0.25) is 14.9 Å². The van der Waals surface area contributed by atoms with Crippen molar-refractivity contribution in [1.29, 1.82) is 0 Å². The minimum absolute atomic E-state index is 0.0245. The van der Waals surface area contributed by atoms with Crippen molar-refractivity contribution in [2.75, 3.05) is 13.1 Å². The number of aliphatic hydroxyl groups is 1. The molecular formula is C12H10ClF3N2O4. The first-order valence-electron chi connectivity index (χ1n) is 6.07. The average molecular weight is 339 g/mol. The van der Waals surface area contributed by atoms with E-state index in [1.165, 1.54) is 6.07 Å². The van der Waals surface area contributed by atoms with Gasteiger partial charge in [-0.05, 0) is 12.1 Å². The molecule has 1 aliphatic heterocycles. The fourth-order valence-corrected chi connectivity index (χ4v) is 2.37. The number of nitro benzene ring substituents is 1. The van der Waals surface area contributed by atoms with Crippen LogP contribution in [0.2, 0.25) is 5.02 Å². The fraction of sp³-hybridized carbons (Fsp3) is 0.417. The van der Waals surface area contributed by atoms with E-state index in [1.54, 1.807) is 0 Å². The fourth-order valence-electron chi connectivity index (χ4n) is 2.21. The van der Waals surface area contributed by atoms with Crippen molar-refractivity contribution in [1.82, 2.24) is 4.90 Å². The standard InChI is InChI=1S/C12H10ClF3N2O4/c13-7-1-2-8(9(5-7)18(21)22)10(19)17-4-3-11(20,6-17)12(14,15)16/h1-2,5,20H,3-4,6H2. The molecule has 1 aromatic rings. The Labute approximate surface area is 127 Å². The van der Waals surface area contributed by atoms with Gasteiger partial charge in [-0.15, -0.1) is 0 Å². The highest BCUT2D eigenvalue weighted by Gasteiger charge is 2.58. The second kappa shape index (κ2) is 5.40. The van der Waals surface area contributed by atoms with Crippen molar-refractivity contribution in [2.24, 2.45) is 0 Å². The molecule has 1 amide bonds. The van der Waals surface area contributed by atoms with E-state index >= 15 is 0 Å². The molecule has 1 saturated heterocycles. The third-order valence-electron chi connectivity index (χ3n) is 3.45. The number of likely N-dealkylation sites (tertiary alicyclic amines) is 1. The zero-order valence-corrected chi connectivity index (χ0v) is 11.7. The molecular weight excluding hydrogens is 329 g/mol. The van der Waals surface area contributed by atoms with E-state index in [-0.39, 0.29) is 17.1 Å². The molecule has 1 heterocycles. The van der Waals surface area contributed by atoms with Crippen LogP contribution >= 0.6 is 11.6 Å². The number of amides is 1. The van der Waals surface area contributed by atoms with Crippen LogP contribution in [-0.2, 0) is 0 Å². The van der Waals surface area contributed by atoms with E-state index in [2.05, 4.69) is 0 Å². The maximum absolute atomic E-state index is 12.7. The maximum atomic E-state index is 12.7. The van der Waals surface area contributed by atoms with Crippen LogP contribution in [0.3, 0.4) is 0 Å².